The zero-order valence-corrected chi connectivity index (χ0v) is 19.8. The topological polar surface area (TPSA) is 52.6 Å². The van der Waals surface area contributed by atoms with Crippen LogP contribution in [0.15, 0.2) is 30.3 Å². The number of piperidine rings is 2. The zero-order valence-electron chi connectivity index (χ0n) is 19.0. The molecule has 2 aliphatic heterocycles. The van der Waals surface area contributed by atoms with Crippen molar-refractivity contribution in [3.05, 3.63) is 40.9 Å². The second-order valence-corrected chi connectivity index (χ2v) is 10.9. The molecule has 2 bridgehead atoms. The lowest BCUT2D eigenvalue weighted by atomic mass is 9.78. The molecule has 0 amide bonds. The summed E-state index contributed by atoms with van der Waals surface area (Å²) < 4.78 is 0. The molecule has 4 nitrogen and oxygen atoms in total. The van der Waals surface area contributed by atoms with E-state index in [4.69, 9.17) is 11.6 Å². The van der Waals surface area contributed by atoms with Gasteiger partial charge in [0, 0.05) is 30.1 Å². The number of halogens is 1. The number of aliphatic carboxylic acids is 1. The molecule has 5 heteroatoms. The van der Waals surface area contributed by atoms with Gasteiger partial charge < -0.3 is 10.4 Å². The van der Waals surface area contributed by atoms with Crippen LogP contribution in [0.25, 0.3) is 10.8 Å². The van der Waals surface area contributed by atoms with Gasteiger partial charge in [-0.05, 0) is 80.4 Å². The van der Waals surface area contributed by atoms with Crippen LogP contribution < -0.4 is 5.32 Å². The van der Waals surface area contributed by atoms with Crippen molar-refractivity contribution in [2.75, 3.05) is 5.32 Å². The molecule has 2 atom stereocenters. The van der Waals surface area contributed by atoms with Crippen LogP contribution in [-0.2, 0) is 11.3 Å². The Morgan fingerprint density at radius 1 is 1.06 bits per heavy atom. The highest BCUT2D eigenvalue weighted by Gasteiger charge is 2.40. The Morgan fingerprint density at radius 2 is 1.78 bits per heavy atom. The van der Waals surface area contributed by atoms with Gasteiger partial charge in [0.1, 0.15) is 0 Å². The second-order valence-electron chi connectivity index (χ2n) is 10.5. The first-order chi connectivity index (χ1) is 15.5. The first-order valence-corrected chi connectivity index (χ1v) is 12.8. The Hall–Kier alpha value is -1.78. The van der Waals surface area contributed by atoms with Crippen molar-refractivity contribution in [2.45, 2.75) is 89.4 Å². The minimum Gasteiger partial charge on any atom is -0.481 e. The molecule has 2 aromatic carbocycles. The van der Waals surface area contributed by atoms with E-state index in [2.05, 4.69) is 47.5 Å². The average Bonchev–Trinajstić information content (AvgIpc) is 2.77. The third kappa shape index (κ3) is 4.49. The van der Waals surface area contributed by atoms with E-state index in [0.717, 1.165) is 54.2 Å². The van der Waals surface area contributed by atoms with E-state index in [1.807, 2.05) is 0 Å². The summed E-state index contributed by atoms with van der Waals surface area (Å²) in [6.45, 7) is 3.24. The summed E-state index contributed by atoms with van der Waals surface area (Å²) in [7, 11) is 0. The Balaban J connectivity index is 1.31. The maximum absolute atomic E-state index is 11.6. The van der Waals surface area contributed by atoms with Crippen LogP contribution in [0.1, 0.15) is 70.3 Å². The van der Waals surface area contributed by atoms with Gasteiger partial charge in [0.15, 0.2) is 0 Å². The van der Waals surface area contributed by atoms with E-state index in [9.17, 15) is 9.90 Å². The molecule has 1 saturated carbocycles. The van der Waals surface area contributed by atoms with Gasteiger partial charge in [-0.3, -0.25) is 9.69 Å². The Morgan fingerprint density at radius 3 is 2.47 bits per heavy atom. The minimum atomic E-state index is -0.617. The maximum atomic E-state index is 11.6. The van der Waals surface area contributed by atoms with E-state index in [-0.39, 0.29) is 5.92 Å². The molecule has 5 rings (SSSR count). The zero-order chi connectivity index (χ0) is 22.2. The SMILES string of the molecule is CC1CCC(Nc2ccc3cc(CN4C5CCCC4CC(C(=O)O)C5)ccc3c2Cl)CC1. The van der Waals surface area contributed by atoms with Gasteiger partial charge in [-0.25, -0.2) is 0 Å². The molecule has 32 heavy (non-hydrogen) atoms. The number of carboxylic acids is 1. The van der Waals surface area contributed by atoms with Crippen LogP contribution in [-0.4, -0.2) is 34.1 Å². The number of nitrogens with zero attached hydrogens (tertiary/aromatic N) is 1. The van der Waals surface area contributed by atoms with Crippen molar-refractivity contribution >= 4 is 34.0 Å². The number of carbonyl (C=O) groups is 1. The van der Waals surface area contributed by atoms with Crippen LogP contribution in [0, 0.1) is 11.8 Å². The van der Waals surface area contributed by atoms with Crippen LogP contribution >= 0.6 is 11.6 Å². The molecular weight excluding hydrogens is 420 g/mol. The number of fused-ring (bicyclic) bond motifs is 3. The summed E-state index contributed by atoms with van der Waals surface area (Å²) in [6.07, 6.45) is 10.1. The highest BCUT2D eigenvalue weighted by Crippen LogP contribution is 2.39. The van der Waals surface area contributed by atoms with E-state index in [1.54, 1.807) is 0 Å². The highest BCUT2D eigenvalue weighted by atomic mass is 35.5. The first kappa shape index (κ1) is 22.0. The molecule has 2 aromatic rings. The molecule has 2 saturated heterocycles. The van der Waals surface area contributed by atoms with Gasteiger partial charge in [-0.1, -0.05) is 43.1 Å². The van der Waals surface area contributed by atoms with Gasteiger partial charge in [0.2, 0.25) is 0 Å². The first-order valence-electron chi connectivity index (χ1n) is 12.4. The molecule has 0 aromatic heterocycles. The molecule has 3 aliphatic rings. The number of rotatable bonds is 5. The van der Waals surface area contributed by atoms with E-state index < -0.39 is 5.97 Å². The fourth-order valence-corrected chi connectivity index (χ4v) is 6.61. The van der Waals surface area contributed by atoms with Crippen molar-refractivity contribution in [1.29, 1.82) is 0 Å². The summed E-state index contributed by atoms with van der Waals surface area (Å²) in [5, 5.41) is 16.3. The molecule has 2 heterocycles. The number of nitrogens with one attached hydrogen (secondary N) is 1. The van der Waals surface area contributed by atoms with E-state index >= 15 is 0 Å². The van der Waals surface area contributed by atoms with Crippen LogP contribution in [0.2, 0.25) is 5.02 Å². The summed E-state index contributed by atoms with van der Waals surface area (Å²) in [4.78, 5) is 14.1. The number of carboxylic acid groups (broad SMARTS) is 1. The van der Waals surface area contributed by atoms with Crippen molar-refractivity contribution in [1.82, 2.24) is 4.90 Å². The third-order valence-electron chi connectivity index (χ3n) is 8.23. The fraction of sp³-hybridized carbons (Fsp3) is 0.593. The fourth-order valence-electron chi connectivity index (χ4n) is 6.32. The number of hydrogen-bond acceptors (Lipinski definition) is 3. The van der Waals surface area contributed by atoms with Crippen molar-refractivity contribution in [3.8, 4) is 0 Å². The minimum absolute atomic E-state index is 0.171. The van der Waals surface area contributed by atoms with Gasteiger partial charge in [-0.15, -0.1) is 0 Å². The smallest absolute Gasteiger partial charge is 0.306 e. The van der Waals surface area contributed by atoms with Crippen LogP contribution in [0.5, 0.6) is 0 Å². The van der Waals surface area contributed by atoms with E-state index in [0.29, 0.717) is 18.1 Å². The molecule has 0 radical (unpaired) electrons. The third-order valence-corrected chi connectivity index (χ3v) is 8.64. The lowest BCUT2D eigenvalue weighted by molar-refractivity contribution is -0.146. The Labute approximate surface area is 196 Å². The van der Waals surface area contributed by atoms with Crippen molar-refractivity contribution in [3.63, 3.8) is 0 Å². The molecule has 1 aliphatic carbocycles. The summed E-state index contributed by atoms with van der Waals surface area (Å²) in [6, 6.07) is 12.3. The second kappa shape index (κ2) is 9.23. The van der Waals surface area contributed by atoms with Gasteiger partial charge in [-0.2, -0.15) is 0 Å². The van der Waals surface area contributed by atoms with Crippen LogP contribution in [0.4, 0.5) is 5.69 Å². The highest BCUT2D eigenvalue weighted by molar-refractivity contribution is 6.38. The molecule has 3 fully saturated rings. The van der Waals surface area contributed by atoms with Crippen molar-refractivity contribution in [2.24, 2.45) is 11.8 Å². The van der Waals surface area contributed by atoms with E-state index in [1.165, 1.54) is 43.1 Å². The molecule has 0 spiro atoms. The largest absolute Gasteiger partial charge is 0.481 e. The summed E-state index contributed by atoms with van der Waals surface area (Å²) in [5.41, 5.74) is 2.35. The van der Waals surface area contributed by atoms with Crippen molar-refractivity contribution < 1.29 is 9.90 Å². The normalized spacial score (nSPS) is 30.9. The molecule has 2 N–H and O–H groups in total. The monoisotopic (exact) mass is 454 g/mol. The maximum Gasteiger partial charge on any atom is 0.306 e. The number of benzene rings is 2. The lowest BCUT2D eigenvalue weighted by Crippen LogP contribution is -2.52. The molecule has 2 unspecified atom stereocenters. The Bertz CT molecular complexity index is 971. The van der Waals surface area contributed by atoms with Crippen LogP contribution in [0.3, 0.4) is 0 Å². The molecular formula is C27H35ClN2O2. The number of hydrogen-bond donors (Lipinski definition) is 2. The predicted molar refractivity (Wildman–Crippen MR) is 131 cm³/mol. The summed E-state index contributed by atoms with van der Waals surface area (Å²) >= 11 is 6.83. The standard InChI is InChI=1S/C27H35ClN2O2/c1-17-5-9-21(10-6-17)29-25-12-8-19-13-18(7-11-24(19)26(25)28)16-30-22-3-2-4-23(30)15-20(14-22)27(31)32/h7-8,11-13,17,20-23,29H,2-6,9-10,14-16H2,1H3,(H,31,32). The van der Waals surface area contributed by atoms with Gasteiger partial charge in [0.25, 0.3) is 0 Å². The van der Waals surface area contributed by atoms with Gasteiger partial charge >= 0.3 is 5.97 Å². The molecule has 172 valence electrons. The van der Waals surface area contributed by atoms with Gasteiger partial charge in [0.05, 0.1) is 16.6 Å². The quantitative estimate of drug-likeness (QED) is 0.527. The Kier molecular flexibility index (Phi) is 6.35. The average molecular weight is 455 g/mol. The predicted octanol–water partition coefficient (Wildman–Crippen LogP) is 6.70. The number of anilines is 1. The lowest BCUT2D eigenvalue weighted by Gasteiger charge is -2.48. The summed E-state index contributed by atoms with van der Waals surface area (Å²) in [5.74, 6) is 0.0531.